The summed E-state index contributed by atoms with van der Waals surface area (Å²) in [6.45, 7) is 7.20. The van der Waals surface area contributed by atoms with Crippen LogP contribution in [0.2, 0.25) is 0 Å². The first kappa shape index (κ1) is 26.2. The van der Waals surface area contributed by atoms with Crippen LogP contribution in [0.4, 0.5) is 4.79 Å². The first-order valence-corrected chi connectivity index (χ1v) is 11.8. The molecule has 0 bridgehead atoms. The Morgan fingerprint density at radius 2 is 1.57 bits per heavy atom. The molecular formula is C27H36N2O6. The predicted molar refractivity (Wildman–Crippen MR) is 133 cm³/mol. The molecular weight excluding hydrogens is 448 g/mol. The summed E-state index contributed by atoms with van der Waals surface area (Å²) in [6.07, 6.45) is 1.27. The summed E-state index contributed by atoms with van der Waals surface area (Å²) in [6, 6.07) is 11.6. The van der Waals surface area contributed by atoms with Gasteiger partial charge >= 0.3 is 6.09 Å². The topological polar surface area (TPSA) is 86.3 Å². The van der Waals surface area contributed by atoms with Gasteiger partial charge in [0.2, 0.25) is 0 Å². The highest BCUT2D eigenvalue weighted by Crippen LogP contribution is 2.36. The van der Waals surface area contributed by atoms with Crippen LogP contribution in [-0.4, -0.2) is 56.9 Å². The maximum Gasteiger partial charge on any atom is 0.407 e. The number of benzene rings is 2. The number of carbonyl (C=O) groups is 2. The van der Waals surface area contributed by atoms with E-state index in [0.717, 1.165) is 18.4 Å². The number of ether oxygens (including phenoxy) is 4. The number of carbonyl (C=O) groups excluding carboxylic acids is 2. The molecule has 1 N–H and O–H groups in total. The SMILES string of the molecule is COc1cc(OC)c(C(=O)N2CCC(c3cccc(CNC(=O)OC(C)(C)C)c3)CC2)cc1OC. The van der Waals surface area contributed by atoms with E-state index in [9.17, 15) is 9.59 Å². The smallest absolute Gasteiger partial charge is 0.407 e. The Morgan fingerprint density at radius 1 is 0.943 bits per heavy atom. The molecule has 8 heteroatoms. The van der Waals surface area contributed by atoms with Crippen molar-refractivity contribution in [3.05, 3.63) is 53.1 Å². The molecule has 0 saturated carbocycles. The van der Waals surface area contributed by atoms with Gasteiger partial charge < -0.3 is 29.2 Å². The molecule has 0 unspecified atom stereocenters. The van der Waals surface area contributed by atoms with Gasteiger partial charge in [-0.3, -0.25) is 4.79 Å². The molecule has 8 nitrogen and oxygen atoms in total. The number of nitrogens with one attached hydrogen (secondary N) is 1. The Balaban J connectivity index is 1.63. The van der Waals surface area contributed by atoms with Gasteiger partial charge in [0.15, 0.2) is 11.5 Å². The average Bonchev–Trinajstić information content (AvgIpc) is 2.85. The molecule has 1 fully saturated rings. The Bertz CT molecular complexity index is 1040. The zero-order valence-electron chi connectivity index (χ0n) is 21.5. The van der Waals surface area contributed by atoms with Crippen LogP contribution in [0.3, 0.4) is 0 Å². The molecule has 2 aromatic rings. The number of rotatable bonds is 7. The van der Waals surface area contributed by atoms with Crippen molar-refractivity contribution in [1.82, 2.24) is 10.2 Å². The van der Waals surface area contributed by atoms with Crippen LogP contribution in [0.5, 0.6) is 17.2 Å². The quantitative estimate of drug-likeness (QED) is 0.610. The number of hydrogen-bond acceptors (Lipinski definition) is 6. The van der Waals surface area contributed by atoms with Gasteiger partial charge in [-0.15, -0.1) is 0 Å². The third-order valence-electron chi connectivity index (χ3n) is 5.98. The maximum atomic E-state index is 13.3. The molecule has 0 aliphatic carbocycles. The molecule has 1 aliphatic rings. The fraction of sp³-hybridized carbons (Fsp3) is 0.481. The molecule has 190 valence electrons. The summed E-state index contributed by atoms with van der Waals surface area (Å²) < 4.78 is 21.5. The molecule has 2 amide bonds. The molecule has 1 aliphatic heterocycles. The Morgan fingerprint density at radius 3 is 2.17 bits per heavy atom. The molecule has 0 aromatic heterocycles. The predicted octanol–water partition coefficient (Wildman–Crippen LogP) is 4.76. The molecule has 3 rings (SSSR count). The normalized spacial score (nSPS) is 14.3. The Hall–Kier alpha value is -3.42. The minimum absolute atomic E-state index is 0.0865. The highest BCUT2D eigenvalue weighted by atomic mass is 16.6. The minimum atomic E-state index is -0.529. The number of nitrogens with zero attached hydrogens (tertiary/aromatic N) is 1. The zero-order valence-corrected chi connectivity index (χ0v) is 21.5. The summed E-state index contributed by atoms with van der Waals surface area (Å²) in [5.41, 5.74) is 2.16. The van der Waals surface area contributed by atoms with E-state index < -0.39 is 11.7 Å². The van der Waals surface area contributed by atoms with E-state index >= 15 is 0 Å². The van der Waals surface area contributed by atoms with Crippen molar-refractivity contribution in [2.75, 3.05) is 34.4 Å². The standard InChI is InChI=1S/C27H36N2O6/c1-27(2,3)35-26(31)28-17-18-8-7-9-20(14-18)19-10-12-29(13-11-19)25(30)21-15-23(33-5)24(34-6)16-22(21)32-4/h7-9,14-16,19H,10-13,17H2,1-6H3,(H,28,31). The summed E-state index contributed by atoms with van der Waals surface area (Å²) in [5, 5.41) is 2.81. The van der Waals surface area contributed by atoms with Crippen molar-refractivity contribution in [3.8, 4) is 17.2 Å². The number of methoxy groups -OCH3 is 3. The zero-order chi connectivity index (χ0) is 25.6. The lowest BCUT2D eigenvalue weighted by molar-refractivity contribution is 0.0523. The monoisotopic (exact) mass is 484 g/mol. The van der Waals surface area contributed by atoms with Crippen LogP contribution in [0.1, 0.15) is 61.0 Å². The van der Waals surface area contributed by atoms with Crippen LogP contribution in [-0.2, 0) is 11.3 Å². The summed E-state index contributed by atoms with van der Waals surface area (Å²) in [5.74, 6) is 1.72. The number of likely N-dealkylation sites (tertiary alicyclic amines) is 1. The van der Waals surface area contributed by atoms with E-state index in [1.165, 1.54) is 12.7 Å². The number of piperidine rings is 1. The third-order valence-corrected chi connectivity index (χ3v) is 5.98. The maximum absolute atomic E-state index is 13.3. The highest BCUT2D eigenvalue weighted by Gasteiger charge is 2.27. The van der Waals surface area contributed by atoms with Crippen molar-refractivity contribution in [3.63, 3.8) is 0 Å². The molecule has 0 spiro atoms. The Kier molecular flexibility index (Phi) is 8.48. The third kappa shape index (κ3) is 6.81. The fourth-order valence-electron chi connectivity index (χ4n) is 4.23. The van der Waals surface area contributed by atoms with Gasteiger partial charge in [-0.1, -0.05) is 24.3 Å². The molecule has 2 aromatic carbocycles. The highest BCUT2D eigenvalue weighted by molar-refractivity contribution is 5.98. The summed E-state index contributed by atoms with van der Waals surface area (Å²) >= 11 is 0. The molecule has 0 radical (unpaired) electrons. The van der Waals surface area contributed by atoms with E-state index in [-0.39, 0.29) is 5.91 Å². The second-order valence-corrected chi connectivity index (χ2v) is 9.57. The second-order valence-electron chi connectivity index (χ2n) is 9.57. The molecule has 35 heavy (non-hydrogen) atoms. The largest absolute Gasteiger partial charge is 0.496 e. The van der Waals surface area contributed by atoms with Crippen LogP contribution in [0.25, 0.3) is 0 Å². The first-order valence-electron chi connectivity index (χ1n) is 11.8. The van der Waals surface area contributed by atoms with Crippen molar-refractivity contribution in [1.29, 1.82) is 0 Å². The molecule has 1 heterocycles. The Labute approximate surface area is 207 Å². The number of alkyl carbamates (subject to hydrolysis) is 1. The van der Waals surface area contributed by atoms with E-state index in [0.29, 0.717) is 48.4 Å². The van der Waals surface area contributed by atoms with Crippen molar-refractivity contribution in [2.24, 2.45) is 0 Å². The van der Waals surface area contributed by atoms with E-state index in [2.05, 4.69) is 17.4 Å². The van der Waals surface area contributed by atoms with Gasteiger partial charge in [0, 0.05) is 31.8 Å². The van der Waals surface area contributed by atoms with Gasteiger partial charge in [0.25, 0.3) is 5.91 Å². The van der Waals surface area contributed by atoms with Crippen LogP contribution in [0, 0.1) is 0 Å². The van der Waals surface area contributed by atoms with Crippen LogP contribution in [0.15, 0.2) is 36.4 Å². The van der Waals surface area contributed by atoms with E-state index in [1.54, 1.807) is 26.4 Å². The number of amides is 2. The van der Waals surface area contributed by atoms with Crippen LogP contribution >= 0.6 is 0 Å². The summed E-state index contributed by atoms with van der Waals surface area (Å²) in [4.78, 5) is 27.1. The van der Waals surface area contributed by atoms with Gasteiger partial charge in [-0.05, 0) is 50.7 Å². The molecule has 0 atom stereocenters. The lowest BCUT2D eigenvalue weighted by Crippen LogP contribution is -2.38. The van der Waals surface area contributed by atoms with Gasteiger partial charge in [0.05, 0.1) is 26.9 Å². The second kappa shape index (κ2) is 11.3. The summed E-state index contributed by atoms with van der Waals surface area (Å²) in [7, 11) is 4.63. The molecule has 1 saturated heterocycles. The lowest BCUT2D eigenvalue weighted by Gasteiger charge is -2.33. The fourth-order valence-corrected chi connectivity index (χ4v) is 4.23. The van der Waals surface area contributed by atoms with Gasteiger partial charge in [-0.2, -0.15) is 0 Å². The lowest BCUT2D eigenvalue weighted by atomic mass is 9.88. The van der Waals surface area contributed by atoms with E-state index in [1.807, 2.05) is 37.8 Å². The average molecular weight is 485 g/mol. The van der Waals surface area contributed by atoms with Crippen molar-refractivity contribution < 1.29 is 28.5 Å². The van der Waals surface area contributed by atoms with Gasteiger partial charge in [-0.25, -0.2) is 4.79 Å². The van der Waals surface area contributed by atoms with Crippen molar-refractivity contribution >= 4 is 12.0 Å². The van der Waals surface area contributed by atoms with E-state index in [4.69, 9.17) is 18.9 Å². The minimum Gasteiger partial charge on any atom is -0.496 e. The van der Waals surface area contributed by atoms with Crippen LogP contribution < -0.4 is 19.5 Å². The number of hydrogen-bond donors (Lipinski definition) is 1. The van der Waals surface area contributed by atoms with Crippen molar-refractivity contribution in [2.45, 2.75) is 51.7 Å². The first-order chi connectivity index (χ1) is 16.6. The van der Waals surface area contributed by atoms with Gasteiger partial charge in [0.1, 0.15) is 11.4 Å².